The van der Waals surface area contributed by atoms with Crippen molar-refractivity contribution in [1.82, 2.24) is 0 Å². The van der Waals surface area contributed by atoms with Crippen molar-refractivity contribution in [1.29, 1.82) is 0 Å². The van der Waals surface area contributed by atoms with E-state index < -0.39 is 12.0 Å². The standard InChI is InChI=1S/C9H9NO3/c11-9(12)7-5-13-8-4-2-1-3-6(8)10-7/h1-4,7,10H,5H2,(H,11,12)/t7-/m0/s1. The number of carbonyl (C=O) groups is 1. The summed E-state index contributed by atoms with van der Waals surface area (Å²) in [5, 5.41) is 11.6. The van der Waals surface area contributed by atoms with E-state index in [1.807, 2.05) is 12.1 Å². The second-order valence-electron chi connectivity index (χ2n) is 2.84. The zero-order valence-corrected chi connectivity index (χ0v) is 6.86. The summed E-state index contributed by atoms with van der Waals surface area (Å²) >= 11 is 0. The molecule has 1 heterocycles. The van der Waals surface area contributed by atoms with Gasteiger partial charge in [-0.1, -0.05) is 12.1 Å². The van der Waals surface area contributed by atoms with Crippen molar-refractivity contribution in [3.8, 4) is 5.75 Å². The van der Waals surface area contributed by atoms with Crippen LogP contribution in [0.2, 0.25) is 0 Å². The fourth-order valence-corrected chi connectivity index (χ4v) is 1.25. The van der Waals surface area contributed by atoms with Crippen molar-refractivity contribution < 1.29 is 14.6 Å². The van der Waals surface area contributed by atoms with Gasteiger partial charge < -0.3 is 15.2 Å². The first-order chi connectivity index (χ1) is 6.27. The molecule has 4 nitrogen and oxygen atoms in total. The molecule has 4 heteroatoms. The van der Waals surface area contributed by atoms with E-state index >= 15 is 0 Å². The number of hydrogen-bond acceptors (Lipinski definition) is 3. The fraction of sp³-hybridized carbons (Fsp3) is 0.222. The molecule has 0 aliphatic carbocycles. The summed E-state index contributed by atoms with van der Waals surface area (Å²) in [6, 6.07) is 6.64. The molecule has 1 aromatic rings. The molecule has 0 bridgehead atoms. The maximum Gasteiger partial charge on any atom is 0.329 e. The van der Waals surface area contributed by atoms with E-state index in [1.54, 1.807) is 12.1 Å². The number of carboxylic acids is 1. The fourth-order valence-electron chi connectivity index (χ4n) is 1.25. The number of nitrogens with one attached hydrogen (secondary N) is 1. The molecular formula is C9H9NO3. The minimum atomic E-state index is -0.894. The monoisotopic (exact) mass is 179 g/mol. The van der Waals surface area contributed by atoms with Crippen molar-refractivity contribution in [2.45, 2.75) is 6.04 Å². The summed E-state index contributed by atoms with van der Waals surface area (Å²) in [5.41, 5.74) is 0.737. The van der Waals surface area contributed by atoms with Gasteiger partial charge in [-0.25, -0.2) is 4.79 Å². The third kappa shape index (κ3) is 1.42. The number of benzene rings is 1. The third-order valence-electron chi connectivity index (χ3n) is 1.92. The van der Waals surface area contributed by atoms with Crippen LogP contribution in [0.25, 0.3) is 0 Å². The molecule has 0 unspecified atom stereocenters. The van der Waals surface area contributed by atoms with Gasteiger partial charge in [0, 0.05) is 0 Å². The first kappa shape index (κ1) is 7.91. The van der Waals surface area contributed by atoms with Crippen molar-refractivity contribution in [3.05, 3.63) is 24.3 Å². The molecule has 0 amide bonds. The minimum absolute atomic E-state index is 0.173. The van der Waals surface area contributed by atoms with Crippen molar-refractivity contribution in [3.63, 3.8) is 0 Å². The van der Waals surface area contributed by atoms with Crippen LogP contribution in [0, 0.1) is 0 Å². The number of rotatable bonds is 1. The molecule has 13 heavy (non-hydrogen) atoms. The van der Waals surface area contributed by atoms with Crippen LogP contribution in [0.4, 0.5) is 5.69 Å². The molecule has 0 aromatic heterocycles. The molecule has 0 spiro atoms. The van der Waals surface area contributed by atoms with Gasteiger partial charge in [0.2, 0.25) is 0 Å². The van der Waals surface area contributed by atoms with Crippen molar-refractivity contribution in [2.75, 3.05) is 11.9 Å². The van der Waals surface area contributed by atoms with Crippen molar-refractivity contribution >= 4 is 11.7 Å². The number of para-hydroxylation sites is 2. The molecule has 2 rings (SSSR count). The van der Waals surface area contributed by atoms with Crippen LogP contribution in [0.1, 0.15) is 0 Å². The van der Waals surface area contributed by atoms with Gasteiger partial charge in [-0.3, -0.25) is 0 Å². The van der Waals surface area contributed by atoms with Gasteiger partial charge in [0.15, 0.2) is 6.04 Å². The van der Waals surface area contributed by atoms with Crippen LogP contribution < -0.4 is 10.1 Å². The molecule has 1 aromatic carbocycles. The van der Waals surface area contributed by atoms with Gasteiger partial charge in [-0.2, -0.15) is 0 Å². The molecular weight excluding hydrogens is 170 g/mol. The number of hydrogen-bond donors (Lipinski definition) is 2. The second-order valence-corrected chi connectivity index (χ2v) is 2.84. The van der Waals surface area contributed by atoms with Crippen LogP contribution in [0.5, 0.6) is 5.75 Å². The molecule has 1 aliphatic heterocycles. The van der Waals surface area contributed by atoms with Crippen LogP contribution in [0.15, 0.2) is 24.3 Å². The largest absolute Gasteiger partial charge is 0.489 e. The lowest BCUT2D eigenvalue weighted by Crippen LogP contribution is -2.38. The molecule has 0 saturated heterocycles. The van der Waals surface area contributed by atoms with Gasteiger partial charge in [0.05, 0.1) is 5.69 Å². The first-order valence-electron chi connectivity index (χ1n) is 3.98. The van der Waals surface area contributed by atoms with Crippen LogP contribution >= 0.6 is 0 Å². The Morgan fingerprint density at radius 1 is 1.54 bits per heavy atom. The number of aliphatic carboxylic acids is 1. The lowest BCUT2D eigenvalue weighted by atomic mass is 10.2. The van der Waals surface area contributed by atoms with E-state index in [0.717, 1.165) is 5.69 Å². The van der Waals surface area contributed by atoms with E-state index in [0.29, 0.717) is 5.75 Å². The maximum atomic E-state index is 10.6. The summed E-state index contributed by atoms with van der Waals surface area (Å²) in [5.74, 6) is -0.186. The lowest BCUT2D eigenvalue weighted by Gasteiger charge is -2.24. The second kappa shape index (κ2) is 2.97. The molecule has 1 atom stereocenters. The maximum absolute atomic E-state index is 10.6. The highest BCUT2D eigenvalue weighted by Crippen LogP contribution is 2.27. The first-order valence-corrected chi connectivity index (χ1v) is 3.98. The number of anilines is 1. The Hall–Kier alpha value is -1.71. The highest BCUT2D eigenvalue weighted by Gasteiger charge is 2.23. The van der Waals surface area contributed by atoms with E-state index in [2.05, 4.69) is 5.32 Å². The molecule has 68 valence electrons. The lowest BCUT2D eigenvalue weighted by molar-refractivity contribution is -0.138. The van der Waals surface area contributed by atoms with E-state index in [1.165, 1.54) is 0 Å². The predicted molar refractivity (Wildman–Crippen MR) is 47.0 cm³/mol. The van der Waals surface area contributed by atoms with Crippen LogP contribution in [-0.4, -0.2) is 23.7 Å². The number of ether oxygens (including phenoxy) is 1. The highest BCUT2D eigenvalue weighted by molar-refractivity contribution is 5.79. The molecule has 0 saturated carbocycles. The third-order valence-corrected chi connectivity index (χ3v) is 1.92. The Bertz CT molecular complexity index is 337. The molecule has 1 aliphatic rings. The quantitative estimate of drug-likeness (QED) is 0.673. The van der Waals surface area contributed by atoms with Gasteiger partial charge in [-0.15, -0.1) is 0 Å². The minimum Gasteiger partial charge on any atom is -0.489 e. The van der Waals surface area contributed by atoms with Gasteiger partial charge >= 0.3 is 5.97 Å². The summed E-state index contributed by atoms with van der Waals surface area (Å²) in [6.07, 6.45) is 0. The zero-order valence-electron chi connectivity index (χ0n) is 6.86. The molecule has 0 radical (unpaired) electrons. The number of fused-ring (bicyclic) bond motifs is 1. The summed E-state index contributed by atoms with van der Waals surface area (Å²) in [7, 11) is 0. The average molecular weight is 179 g/mol. The summed E-state index contributed by atoms with van der Waals surface area (Å²) in [4.78, 5) is 10.6. The van der Waals surface area contributed by atoms with E-state index in [9.17, 15) is 4.79 Å². The number of carboxylic acid groups (broad SMARTS) is 1. The Balaban J connectivity index is 2.24. The Labute approximate surface area is 75.1 Å². The highest BCUT2D eigenvalue weighted by atomic mass is 16.5. The Morgan fingerprint density at radius 2 is 2.31 bits per heavy atom. The Kier molecular flexibility index (Phi) is 1.81. The normalized spacial score (nSPS) is 19.5. The SMILES string of the molecule is O=C(O)[C@@H]1COc2ccccc2N1. The smallest absolute Gasteiger partial charge is 0.329 e. The average Bonchev–Trinajstić information content (AvgIpc) is 2.17. The predicted octanol–water partition coefficient (Wildman–Crippen LogP) is 0.944. The zero-order chi connectivity index (χ0) is 9.26. The van der Waals surface area contributed by atoms with Gasteiger partial charge in [0.1, 0.15) is 12.4 Å². The molecule has 0 fully saturated rings. The summed E-state index contributed by atoms with van der Waals surface area (Å²) in [6.45, 7) is 0.173. The molecule has 2 N–H and O–H groups in total. The summed E-state index contributed by atoms with van der Waals surface area (Å²) < 4.78 is 5.25. The van der Waals surface area contributed by atoms with Gasteiger partial charge in [-0.05, 0) is 12.1 Å². The van der Waals surface area contributed by atoms with Crippen LogP contribution in [-0.2, 0) is 4.79 Å². The van der Waals surface area contributed by atoms with Crippen molar-refractivity contribution in [2.24, 2.45) is 0 Å². The van der Waals surface area contributed by atoms with Crippen LogP contribution in [0.3, 0.4) is 0 Å². The van der Waals surface area contributed by atoms with E-state index in [4.69, 9.17) is 9.84 Å². The van der Waals surface area contributed by atoms with Gasteiger partial charge in [0.25, 0.3) is 0 Å². The Morgan fingerprint density at radius 3 is 3.08 bits per heavy atom. The van der Waals surface area contributed by atoms with E-state index in [-0.39, 0.29) is 6.61 Å². The topological polar surface area (TPSA) is 58.6 Å².